The molecule has 5 heteroatoms. The summed E-state index contributed by atoms with van der Waals surface area (Å²) < 4.78 is 13.9. The molecule has 1 heterocycles. The van der Waals surface area contributed by atoms with Crippen LogP contribution >= 0.6 is 23.5 Å². The van der Waals surface area contributed by atoms with Gasteiger partial charge in [-0.15, -0.1) is 23.5 Å². The molecule has 1 spiro atoms. The van der Waals surface area contributed by atoms with Crippen LogP contribution < -0.4 is 5.32 Å². The Morgan fingerprint density at radius 1 is 1.21 bits per heavy atom. The minimum absolute atomic E-state index is 0.0791. The highest BCUT2D eigenvalue weighted by molar-refractivity contribution is 8.21. The Morgan fingerprint density at radius 3 is 2.54 bits per heavy atom. The van der Waals surface area contributed by atoms with Gasteiger partial charge in [-0.05, 0) is 62.1 Å². The van der Waals surface area contributed by atoms with Gasteiger partial charge in [0.1, 0.15) is 5.82 Å². The summed E-state index contributed by atoms with van der Waals surface area (Å²) >= 11 is 4.32. The number of carbonyl (C=O) groups excluding carboxylic acids is 1. The SMILES string of the molecule is Cc1ccc(F)cc1NC(=O)C1C[C@H]2CCC[C@@H](C1)C21SCCS1. The molecule has 2 nitrogen and oxygen atoms in total. The van der Waals surface area contributed by atoms with Crippen LogP contribution in [0.1, 0.15) is 37.7 Å². The maximum Gasteiger partial charge on any atom is 0.227 e. The number of carbonyl (C=O) groups is 1. The van der Waals surface area contributed by atoms with Gasteiger partial charge >= 0.3 is 0 Å². The highest BCUT2D eigenvalue weighted by Crippen LogP contribution is 2.64. The highest BCUT2D eigenvalue weighted by atomic mass is 32.2. The molecule has 24 heavy (non-hydrogen) atoms. The monoisotopic (exact) mass is 365 g/mol. The summed E-state index contributed by atoms with van der Waals surface area (Å²) in [6, 6.07) is 4.59. The Kier molecular flexibility index (Phi) is 4.59. The molecule has 0 radical (unpaired) electrons. The van der Waals surface area contributed by atoms with Crippen LogP contribution in [0.25, 0.3) is 0 Å². The molecule has 0 aromatic heterocycles. The number of amides is 1. The van der Waals surface area contributed by atoms with E-state index in [0.717, 1.165) is 18.4 Å². The molecule has 3 aliphatic rings. The van der Waals surface area contributed by atoms with Gasteiger partial charge in [0.25, 0.3) is 0 Å². The second kappa shape index (κ2) is 6.56. The number of hydrogen-bond donors (Lipinski definition) is 1. The summed E-state index contributed by atoms with van der Waals surface area (Å²) in [5, 5.41) is 3.00. The quantitative estimate of drug-likeness (QED) is 0.793. The van der Waals surface area contributed by atoms with E-state index in [1.165, 1.54) is 42.9 Å². The largest absolute Gasteiger partial charge is 0.326 e. The minimum atomic E-state index is -0.297. The van der Waals surface area contributed by atoms with Crippen molar-refractivity contribution >= 4 is 35.1 Å². The van der Waals surface area contributed by atoms with Crippen LogP contribution in [-0.4, -0.2) is 21.5 Å². The number of thioether (sulfide) groups is 2. The van der Waals surface area contributed by atoms with Crippen LogP contribution in [-0.2, 0) is 4.79 Å². The lowest BCUT2D eigenvalue weighted by Gasteiger charge is -2.52. The van der Waals surface area contributed by atoms with Crippen molar-refractivity contribution in [1.82, 2.24) is 0 Å². The third-order valence-electron chi connectivity index (χ3n) is 5.95. The van der Waals surface area contributed by atoms with E-state index in [1.54, 1.807) is 6.07 Å². The summed E-state index contributed by atoms with van der Waals surface area (Å²) in [6.45, 7) is 1.91. The lowest BCUT2D eigenvalue weighted by atomic mass is 9.67. The number of hydrogen-bond acceptors (Lipinski definition) is 3. The van der Waals surface area contributed by atoms with Gasteiger partial charge in [-0.25, -0.2) is 4.39 Å². The van der Waals surface area contributed by atoms with Crippen molar-refractivity contribution < 1.29 is 9.18 Å². The summed E-state index contributed by atoms with van der Waals surface area (Å²) in [4.78, 5) is 12.8. The average molecular weight is 366 g/mol. The zero-order chi connectivity index (χ0) is 16.7. The summed E-state index contributed by atoms with van der Waals surface area (Å²) in [6.07, 6.45) is 5.83. The van der Waals surface area contributed by atoms with Crippen molar-refractivity contribution in [3.8, 4) is 0 Å². The third kappa shape index (κ3) is 2.88. The molecular formula is C19H24FNOS2. The Morgan fingerprint density at radius 2 is 1.88 bits per heavy atom. The van der Waals surface area contributed by atoms with Gasteiger partial charge in [0.15, 0.2) is 0 Å². The van der Waals surface area contributed by atoms with Crippen LogP contribution in [0.5, 0.6) is 0 Å². The molecule has 2 bridgehead atoms. The topological polar surface area (TPSA) is 29.1 Å². The second-order valence-electron chi connectivity index (χ2n) is 7.36. The highest BCUT2D eigenvalue weighted by Gasteiger charge is 2.55. The van der Waals surface area contributed by atoms with E-state index < -0.39 is 0 Å². The van der Waals surface area contributed by atoms with Gasteiger partial charge < -0.3 is 5.32 Å². The molecule has 130 valence electrons. The van der Waals surface area contributed by atoms with Crippen molar-refractivity contribution in [3.05, 3.63) is 29.6 Å². The van der Waals surface area contributed by atoms with E-state index in [9.17, 15) is 9.18 Å². The first-order valence-corrected chi connectivity index (χ1v) is 10.9. The molecule has 1 N–H and O–H groups in total. The van der Waals surface area contributed by atoms with Crippen LogP contribution in [0.2, 0.25) is 0 Å². The van der Waals surface area contributed by atoms with E-state index in [-0.39, 0.29) is 17.6 Å². The number of benzene rings is 1. The smallest absolute Gasteiger partial charge is 0.227 e. The molecule has 1 aromatic rings. The van der Waals surface area contributed by atoms with Crippen LogP contribution in [0.4, 0.5) is 10.1 Å². The Labute approximate surface area is 151 Å². The van der Waals surface area contributed by atoms with Gasteiger partial charge in [0, 0.05) is 23.1 Å². The van der Waals surface area contributed by atoms with Gasteiger partial charge in [-0.1, -0.05) is 12.5 Å². The zero-order valence-electron chi connectivity index (χ0n) is 14.0. The van der Waals surface area contributed by atoms with Gasteiger partial charge in [0.2, 0.25) is 5.91 Å². The Hall–Kier alpha value is -0.680. The molecule has 3 atom stereocenters. The summed E-state index contributed by atoms with van der Waals surface area (Å²) in [7, 11) is 0. The van der Waals surface area contributed by atoms with Crippen molar-refractivity contribution in [2.24, 2.45) is 17.8 Å². The molecule has 1 saturated heterocycles. The van der Waals surface area contributed by atoms with Crippen molar-refractivity contribution in [3.63, 3.8) is 0 Å². The van der Waals surface area contributed by atoms with Crippen LogP contribution in [0.3, 0.4) is 0 Å². The normalized spacial score (nSPS) is 31.2. The molecule has 4 rings (SSSR count). The fraction of sp³-hybridized carbons (Fsp3) is 0.632. The second-order valence-corrected chi connectivity index (χ2v) is 10.4. The van der Waals surface area contributed by atoms with Gasteiger partial charge in [-0.3, -0.25) is 4.79 Å². The predicted molar refractivity (Wildman–Crippen MR) is 101 cm³/mol. The maximum atomic E-state index is 13.5. The van der Waals surface area contributed by atoms with Crippen molar-refractivity contribution in [1.29, 1.82) is 0 Å². The molecule has 1 aliphatic heterocycles. The average Bonchev–Trinajstić information content (AvgIpc) is 3.00. The van der Waals surface area contributed by atoms with E-state index in [0.29, 0.717) is 21.6 Å². The number of nitrogens with one attached hydrogen (secondary N) is 1. The number of halogens is 1. The number of rotatable bonds is 2. The molecule has 1 unspecified atom stereocenters. The molecule has 1 amide bonds. The lowest BCUT2D eigenvalue weighted by Crippen LogP contribution is -2.48. The van der Waals surface area contributed by atoms with Crippen molar-refractivity contribution in [2.75, 3.05) is 16.8 Å². The van der Waals surface area contributed by atoms with E-state index in [1.807, 2.05) is 6.92 Å². The fourth-order valence-electron chi connectivity index (χ4n) is 4.79. The van der Waals surface area contributed by atoms with E-state index in [4.69, 9.17) is 0 Å². The van der Waals surface area contributed by atoms with Crippen LogP contribution in [0, 0.1) is 30.5 Å². The zero-order valence-corrected chi connectivity index (χ0v) is 15.6. The van der Waals surface area contributed by atoms with Crippen molar-refractivity contribution in [2.45, 2.75) is 43.1 Å². The number of anilines is 1. The van der Waals surface area contributed by atoms with Gasteiger partial charge in [0.05, 0.1) is 4.08 Å². The molecule has 3 fully saturated rings. The molecule has 1 aromatic carbocycles. The Bertz CT molecular complexity index is 628. The van der Waals surface area contributed by atoms with E-state index in [2.05, 4.69) is 28.8 Å². The molecular weight excluding hydrogens is 341 g/mol. The molecule has 2 aliphatic carbocycles. The first-order chi connectivity index (χ1) is 11.6. The van der Waals surface area contributed by atoms with Crippen LogP contribution in [0.15, 0.2) is 18.2 Å². The maximum absolute atomic E-state index is 13.5. The number of aryl methyl sites for hydroxylation is 1. The molecule has 2 saturated carbocycles. The minimum Gasteiger partial charge on any atom is -0.326 e. The Balaban J connectivity index is 1.50. The summed E-state index contributed by atoms with van der Waals surface area (Å²) in [5.41, 5.74) is 1.54. The third-order valence-corrected chi connectivity index (χ3v) is 9.97. The first-order valence-electron chi connectivity index (χ1n) is 8.93. The predicted octanol–water partition coefficient (Wildman–Crippen LogP) is 5.08. The van der Waals surface area contributed by atoms with E-state index >= 15 is 0 Å². The lowest BCUT2D eigenvalue weighted by molar-refractivity contribution is -0.122. The summed E-state index contributed by atoms with van der Waals surface area (Å²) in [5.74, 6) is 3.71. The standard InChI is InChI=1S/C19H24FNOS2/c1-12-5-6-16(20)11-17(12)21-18(22)13-9-14-3-2-4-15(10-13)19(14)23-7-8-24-19/h5-6,11,13-15H,2-4,7-10H2,1H3,(H,21,22)/t13?,14-,15+. The first kappa shape index (κ1) is 16.8. The fourth-order valence-corrected chi connectivity index (χ4v) is 8.72. The van der Waals surface area contributed by atoms with Gasteiger partial charge in [-0.2, -0.15) is 0 Å².